The Labute approximate surface area is 220 Å². The van der Waals surface area contributed by atoms with Crippen molar-refractivity contribution >= 4 is 5.91 Å². The predicted molar refractivity (Wildman–Crippen MR) is 135 cm³/mol. The van der Waals surface area contributed by atoms with Crippen molar-refractivity contribution < 1.29 is 34.3 Å². The molecule has 12 heteroatoms. The molecule has 1 aliphatic rings. The largest absolute Gasteiger partial charge is 0.497 e. The number of ether oxygens (including phenoxy) is 3. The zero-order valence-corrected chi connectivity index (χ0v) is 21.2. The first kappa shape index (κ1) is 27.6. The fourth-order valence-corrected chi connectivity index (χ4v) is 4.17. The standard InChI is InChI=1S/C26H33N5O7/c1-16(32)28-22-23(34)24(35)25(21-14-31(30-29-21)18-9-6-10-20(11-18)36-2)38-26(22)37-15-19(33)13-27-12-17-7-4-3-5-8-17/h3-11,14,19,22-27,33-35H,12-13,15H2,1-2H3,(H,28,32)/t19?,22-,23-,24-,25-,26+/m1/s1. The molecule has 6 atom stereocenters. The predicted octanol–water partition coefficient (Wildman–Crippen LogP) is 0.0671. The number of nitrogens with one attached hydrogen (secondary N) is 2. The average molecular weight is 528 g/mol. The summed E-state index contributed by atoms with van der Waals surface area (Å²) in [6.07, 6.45) is -4.47. The van der Waals surface area contributed by atoms with Crippen LogP contribution in [0.4, 0.5) is 0 Å². The van der Waals surface area contributed by atoms with Gasteiger partial charge >= 0.3 is 0 Å². The molecular formula is C26H33N5O7. The molecule has 5 N–H and O–H groups in total. The van der Waals surface area contributed by atoms with Crippen molar-refractivity contribution in [2.24, 2.45) is 0 Å². The van der Waals surface area contributed by atoms with Crippen LogP contribution in [0.1, 0.15) is 24.3 Å². The van der Waals surface area contributed by atoms with Gasteiger partial charge in [-0.15, -0.1) is 5.10 Å². The Bertz CT molecular complexity index is 1180. The minimum Gasteiger partial charge on any atom is -0.497 e. The van der Waals surface area contributed by atoms with Crippen molar-refractivity contribution in [2.45, 2.75) is 50.2 Å². The maximum atomic E-state index is 11.8. The Balaban J connectivity index is 1.42. The number of aliphatic hydroxyl groups excluding tert-OH is 3. The summed E-state index contributed by atoms with van der Waals surface area (Å²) < 4.78 is 18.5. The number of carbonyl (C=O) groups excluding carboxylic acids is 1. The van der Waals surface area contributed by atoms with Crippen molar-refractivity contribution in [1.29, 1.82) is 0 Å². The zero-order chi connectivity index (χ0) is 27.1. The average Bonchev–Trinajstić information content (AvgIpc) is 3.41. The van der Waals surface area contributed by atoms with E-state index in [1.165, 1.54) is 11.6 Å². The minimum atomic E-state index is -1.43. The molecule has 0 radical (unpaired) electrons. The van der Waals surface area contributed by atoms with E-state index >= 15 is 0 Å². The van der Waals surface area contributed by atoms with Gasteiger partial charge in [-0.05, 0) is 17.7 Å². The number of methoxy groups -OCH3 is 1. The molecule has 0 spiro atoms. The minimum absolute atomic E-state index is 0.144. The lowest BCUT2D eigenvalue weighted by atomic mass is 9.95. The second kappa shape index (κ2) is 12.9. The van der Waals surface area contributed by atoms with Gasteiger partial charge in [0, 0.05) is 26.1 Å². The number of aromatic nitrogens is 3. The van der Waals surface area contributed by atoms with Gasteiger partial charge in [0.15, 0.2) is 6.29 Å². The summed E-state index contributed by atoms with van der Waals surface area (Å²) in [5.74, 6) is 0.193. The van der Waals surface area contributed by atoms with Gasteiger partial charge in [0.1, 0.15) is 35.8 Å². The molecule has 0 saturated carbocycles. The highest BCUT2D eigenvalue weighted by atomic mass is 16.7. The molecule has 0 aliphatic carbocycles. The van der Waals surface area contributed by atoms with E-state index in [0.29, 0.717) is 18.0 Å². The van der Waals surface area contributed by atoms with E-state index in [0.717, 1.165) is 5.56 Å². The van der Waals surface area contributed by atoms with Crippen LogP contribution < -0.4 is 15.4 Å². The Kier molecular flexibility index (Phi) is 9.39. The van der Waals surface area contributed by atoms with Crippen LogP contribution >= 0.6 is 0 Å². The molecule has 1 unspecified atom stereocenters. The zero-order valence-electron chi connectivity index (χ0n) is 21.2. The van der Waals surface area contributed by atoms with E-state index in [1.54, 1.807) is 37.6 Å². The van der Waals surface area contributed by atoms with Crippen LogP contribution in [0.3, 0.4) is 0 Å². The Morgan fingerprint density at radius 3 is 2.68 bits per heavy atom. The Morgan fingerprint density at radius 2 is 1.95 bits per heavy atom. The van der Waals surface area contributed by atoms with Crippen LogP contribution in [0, 0.1) is 0 Å². The number of hydrogen-bond donors (Lipinski definition) is 5. The first-order chi connectivity index (χ1) is 18.4. The van der Waals surface area contributed by atoms with Crippen molar-refractivity contribution in [2.75, 3.05) is 20.3 Å². The lowest BCUT2D eigenvalue weighted by Gasteiger charge is -2.42. The van der Waals surface area contributed by atoms with Crippen LogP contribution in [0.25, 0.3) is 5.69 Å². The van der Waals surface area contributed by atoms with Crippen molar-refractivity contribution in [3.05, 3.63) is 72.1 Å². The summed E-state index contributed by atoms with van der Waals surface area (Å²) >= 11 is 0. The maximum absolute atomic E-state index is 11.8. The van der Waals surface area contributed by atoms with Crippen molar-refractivity contribution in [1.82, 2.24) is 25.6 Å². The number of hydrogen-bond acceptors (Lipinski definition) is 10. The van der Waals surface area contributed by atoms with Gasteiger partial charge in [0.2, 0.25) is 5.91 Å². The van der Waals surface area contributed by atoms with E-state index in [-0.39, 0.29) is 18.8 Å². The Morgan fingerprint density at radius 1 is 1.16 bits per heavy atom. The van der Waals surface area contributed by atoms with Gasteiger partial charge in [-0.3, -0.25) is 4.79 Å². The van der Waals surface area contributed by atoms with E-state index in [4.69, 9.17) is 14.2 Å². The van der Waals surface area contributed by atoms with Crippen LogP contribution in [0.5, 0.6) is 5.75 Å². The molecule has 204 valence electrons. The molecule has 12 nitrogen and oxygen atoms in total. The second-order valence-corrected chi connectivity index (χ2v) is 9.03. The number of aliphatic hydroxyl groups is 3. The van der Waals surface area contributed by atoms with Crippen LogP contribution in [0.2, 0.25) is 0 Å². The number of rotatable bonds is 11. The molecule has 38 heavy (non-hydrogen) atoms. The van der Waals surface area contributed by atoms with Gasteiger partial charge < -0.3 is 40.2 Å². The van der Waals surface area contributed by atoms with E-state index in [9.17, 15) is 20.1 Å². The first-order valence-electron chi connectivity index (χ1n) is 12.3. The summed E-state index contributed by atoms with van der Waals surface area (Å²) in [4.78, 5) is 11.8. The quantitative estimate of drug-likeness (QED) is 0.231. The van der Waals surface area contributed by atoms with Gasteiger partial charge in [-0.25, -0.2) is 4.68 Å². The molecular weight excluding hydrogens is 494 g/mol. The third-order valence-corrected chi connectivity index (χ3v) is 6.10. The molecule has 3 aromatic rings. The normalized spacial score (nSPS) is 24.1. The molecule has 1 saturated heterocycles. The lowest BCUT2D eigenvalue weighted by Crippen LogP contribution is -2.62. The fraction of sp³-hybridized carbons (Fsp3) is 0.423. The monoisotopic (exact) mass is 527 g/mol. The number of nitrogens with zero attached hydrogens (tertiary/aromatic N) is 3. The summed E-state index contributed by atoms with van der Waals surface area (Å²) in [5, 5.41) is 46.0. The SMILES string of the molecule is COc1cccc(-n2cc([C@H]3O[C@H](OCC(O)CNCc4ccccc4)[C@H](NC(C)=O)[C@@H](O)[C@H]3O)nn2)c1. The van der Waals surface area contributed by atoms with Gasteiger partial charge in [-0.2, -0.15) is 0 Å². The molecule has 1 fully saturated rings. The van der Waals surface area contributed by atoms with Gasteiger partial charge in [0.25, 0.3) is 0 Å². The molecule has 1 amide bonds. The van der Waals surface area contributed by atoms with Gasteiger partial charge in [0.05, 0.1) is 31.7 Å². The molecule has 2 aromatic carbocycles. The summed E-state index contributed by atoms with van der Waals surface area (Å²) in [5.41, 5.74) is 1.99. The van der Waals surface area contributed by atoms with E-state index in [2.05, 4.69) is 20.9 Å². The highest BCUT2D eigenvalue weighted by molar-refractivity contribution is 5.73. The van der Waals surface area contributed by atoms with Crippen LogP contribution in [-0.2, 0) is 20.8 Å². The molecule has 0 bridgehead atoms. The third kappa shape index (κ3) is 6.92. The number of benzene rings is 2. The van der Waals surface area contributed by atoms with E-state index < -0.39 is 42.7 Å². The smallest absolute Gasteiger partial charge is 0.217 e. The molecule has 1 aromatic heterocycles. The molecule has 1 aliphatic heterocycles. The van der Waals surface area contributed by atoms with Crippen molar-refractivity contribution in [3.63, 3.8) is 0 Å². The van der Waals surface area contributed by atoms with Crippen LogP contribution in [-0.4, -0.2) is 87.1 Å². The van der Waals surface area contributed by atoms with Gasteiger partial charge in [-0.1, -0.05) is 41.6 Å². The highest BCUT2D eigenvalue weighted by Crippen LogP contribution is 2.32. The fourth-order valence-electron chi connectivity index (χ4n) is 4.17. The Hall–Kier alpha value is -3.39. The maximum Gasteiger partial charge on any atom is 0.217 e. The second-order valence-electron chi connectivity index (χ2n) is 9.03. The van der Waals surface area contributed by atoms with Crippen molar-refractivity contribution in [3.8, 4) is 11.4 Å². The van der Waals surface area contributed by atoms with Crippen LogP contribution in [0.15, 0.2) is 60.8 Å². The lowest BCUT2D eigenvalue weighted by molar-refractivity contribution is -0.272. The topological polar surface area (TPSA) is 160 Å². The van der Waals surface area contributed by atoms with E-state index in [1.807, 2.05) is 30.3 Å². The summed E-state index contributed by atoms with van der Waals surface area (Å²) in [6.45, 7) is 1.96. The summed E-state index contributed by atoms with van der Waals surface area (Å²) in [6, 6.07) is 15.8. The number of amides is 1. The molecule has 4 rings (SSSR count). The number of carbonyl (C=O) groups is 1. The summed E-state index contributed by atoms with van der Waals surface area (Å²) in [7, 11) is 1.56. The third-order valence-electron chi connectivity index (χ3n) is 6.10. The first-order valence-corrected chi connectivity index (χ1v) is 12.3. The highest BCUT2D eigenvalue weighted by Gasteiger charge is 2.47. The molecule has 2 heterocycles.